The highest BCUT2D eigenvalue weighted by Crippen LogP contribution is 2.20. The highest BCUT2D eigenvalue weighted by Gasteiger charge is 2.19. The van der Waals surface area contributed by atoms with Crippen molar-refractivity contribution in [3.8, 4) is 5.75 Å². The Balaban J connectivity index is 1.98. The summed E-state index contributed by atoms with van der Waals surface area (Å²) >= 11 is 0. The Morgan fingerprint density at radius 2 is 1.55 bits per heavy atom. The summed E-state index contributed by atoms with van der Waals surface area (Å²) in [5.74, 6) is -0.992. The number of hydrogen-bond acceptors (Lipinski definition) is 4. The number of hydrogen-bond donors (Lipinski definition) is 3. The average Bonchev–Trinajstić information content (AvgIpc) is 2.66. The van der Waals surface area contributed by atoms with Crippen LogP contribution in [0.25, 0.3) is 0 Å². The number of carboxylic acid groups (broad SMARTS) is 1. The Labute approximate surface area is 170 Å². The van der Waals surface area contributed by atoms with E-state index in [-0.39, 0.29) is 24.3 Å². The van der Waals surface area contributed by atoms with E-state index in [9.17, 15) is 14.4 Å². The lowest BCUT2D eigenvalue weighted by Crippen LogP contribution is -2.33. The van der Waals surface area contributed by atoms with E-state index < -0.39 is 18.6 Å². The number of aryl methyl sites for hydroxylation is 1. The number of carbonyl (C=O) groups is 3. The van der Waals surface area contributed by atoms with Crippen molar-refractivity contribution in [1.29, 1.82) is 0 Å². The molecular weight excluding hydrogens is 372 g/mol. The van der Waals surface area contributed by atoms with E-state index in [0.29, 0.717) is 5.75 Å². The van der Waals surface area contributed by atoms with Gasteiger partial charge in [0, 0.05) is 6.92 Å². The van der Waals surface area contributed by atoms with Crippen molar-refractivity contribution < 1.29 is 24.2 Å². The number of carbonyl (C=O) groups excluding carboxylic acids is 2. The van der Waals surface area contributed by atoms with E-state index in [1.54, 1.807) is 24.3 Å². The minimum absolute atomic E-state index is 0.118. The quantitative estimate of drug-likeness (QED) is 0.602. The summed E-state index contributed by atoms with van der Waals surface area (Å²) in [4.78, 5) is 34.7. The van der Waals surface area contributed by atoms with Gasteiger partial charge in [-0.2, -0.15) is 0 Å². The van der Waals surface area contributed by atoms with E-state index >= 15 is 0 Å². The van der Waals surface area contributed by atoms with Gasteiger partial charge in [-0.15, -0.1) is 0 Å². The van der Waals surface area contributed by atoms with Gasteiger partial charge in [0.25, 0.3) is 0 Å². The van der Waals surface area contributed by atoms with Crippen LogP contribution in [0, 0.1) is 6.92 Å². The van der Waals surface area contributed by atoms with E-state index in [2.05, 4.69) is 10.6 Å². The molecule has 154 valence electrons. The molecule has 0 aliphatic heterocycles. The maximum absolute atomic E-state index is 12.6. The number of nitrogens with one attached hydrogen (secondary N) is 2. The Morgan fingerprint density at radius 1 is 0.966 bits per heavy atom. The molecule has 29 heavy (non-hydrogen) atoms. The van der Waals surface area contributed by atoms with Crippen LogP contribution in [0.1, 0.15) is 49.0 Å². The maximum atomic E-state index is 12.6. The van der Waals surface area contributed by atoms with Gasteiger partial charge in [-0.1, -0.05) is 42.0 Å². The summed E-state index contributed by atoms with van der Waals surface area (Å²) < 4.78 is 5.10. The second-order valence-corrected chi connectivity index (χ2v) is 6.91. The molecule has 2 atom stereocenters. The van der Waals surface area contributed by atoms with Crippen molar-refractivity contribution in [1.82, 2.24) is 10.6 Å². The van der Waals surface area contributed by atoms with Gasteiger partial charge in [0.05, 0.1) is 18.5 Å². The molecule has 0 spiro atoms. The zero-order valence-electron chi connectivity index (χ0n) is 16.8. The molecule has 2 amide bonds. The van der Waals surface area contributed by atoms with Gasteiger partial charge in [-0.3, -0.25) is 9.59 Å². The van der Waals surface area contributed by atoms with Gasteiger partial charge < -0.3 is 20.5 Å². The van der Waals surface area contributed by atoms with E-state index in [1.807, 2.05) is 38.1 Å². The molecule has 2 aromatic rings. The number of ether oxygens (including phenoxy) is 1. The average molecular weight is 398 g/mol. The lowest BCUT2D eigenvalue weighted by molar-refractivity contribution is -0.139. The molecular formula is C22H26N2O5. The van der Waals surface area contributed by atoms with Crippen molar-refractivity contribution in [2.45, 2.75) is 39.3 Å². The first kappa shape index (κ1) is 21.9. The number of amides is 2. The summed E-state index contributed by atoms with van der Waals surface area (Å²) in [6, 6.07) is 13.9. The van der Waals surface area contributed by atoms with Crippen LogP contribution in [0.15, 0.2) is 48.5 Å². The molecule has 2 aromatic carbocycles. The van der Waals surface area contributed by atoms with Gasteiger partial charge in [0.2, 0.25) is 11.8 Å². The summed E-state index contributed by atoms with van der Waals surface area (Å²) in [6.07, 6.45) is 0.118. The third kappa shape index (κ3) is 7.29. The first-order valence-electron chi connectivity index (χ1n) is 9.32. The zero-order valence-corrected chi connectivity index (χ0v) is 16.8. The fraction of sp³-hybridized carbons (Fsp3) is 0.318. The van der Waals surface area contributed by atoms with Gasteiger partial charge in [-0.05, 0) is 37.1 Å². The molecule has 3 N–H and O–H groups in total. The lowest BCUT2D eigenvalue weighted by Gasteiger charge is -2.20. The maximum Gasteiger partial charge on any atom is 0.341 e. The first-order valence-corrected chi connectivity index (χ1v) is 9.32. The molecule has 0 aliphatic rings. The van der Waals surface area contributed by atoms with Crippen molar-refractivity contribution in [2.24, 2.45) is 0 Å². The molecule has 7 heteroatoms. The third-order valence-electron chi connectivity index (χ3n) is 4.37. The highest BCUT2D eigenvalue weighted by atomic mass is 16.5. The van der Waals surface area contributed by atoms with Crippen molar-refractivity contribution in [3.05, 3.63) is 65.2 Å². The number of aliphatic carboxylic acids is 1. The molecule has 0 aliphatic carbocycles. The van der Waals surface area contributed by atoms with Crippen LogP contribution in [0.3, 0.4) is 0 Å². The Hall–Kier alpha value is -3.35. The molecule has 0 saturated heterocycles. The van der Waals surface area contributed by atoms with Crippen molar-refractivity contribution in [3.63, 3.8) is 0 Å². The van der Waals surface area contributed by atoms with Crippen LogP contribution in [0.2, 0.25) is 0 Å². The van der Waals surface area contributed by atoms with Gasteiger partial charge in [0.1, 0.15) is 5.75 Å². The summed E-state index contributed by atoms with van der Waals surface area (Å²) in [5, 5.41) is 14.4. The Kier molecular flexibility index (Phi) is 7.77. The fourth-order valence-electron chi connectivity index (χ4n) is 2.86. The molecule has 2 rings (SSSR count). The number of carboxylic acids is 1. The van der Waals surface area contributed by atoms with E-state index in [0.717, 1.165) is 16.7 Å². The fourth-order valence-corrected chi connectivity index (χ4v) is 2.86. The summed E-state index contributed by atoms with van der Waals surface area (Å²) in [7, 11) is 0. The number of benzene rings is 2. The normalized spacial score (nSPS) is 12.5. The number of rotatable bonds is 9. The molecule has 0 fully saturated rings. The van der Waals surface area contributed by atoms with Crippen LogP contribution in [0.5, 0.6) is 5.75 Å². The predicted octanol–water partition coefficient (Wildman–Crippen LogP) is 2.90. The Morgan fingerprint density at radius 3 is 2.10 bits per heavy atom. The monoisotopic (exact) mass is 398 g/mol. The highest BCUT2D eigenvalue weighted by molar-refractivity contribution is 5.79. The van der Waals surface area contributed by atoms with E-state index in [1.165, 1.54) is 6.92 Å². The molecule has 0 saturated carbocycles. The van der Waals surface area contributed by atoms with E-state index in [4.69, 9.17) is 9.84 Å². The zero-order chi connectivity index (χ0) is 21.4. The minimum atomic E-state index is -1.04. The summed E-state index contributed by atoms with van der Waals surface area (Å²) in [5.41, 5.74) is 2.82. The minimum Gasteiger partial charge on any atom is -0.482 e. The molecule has 0 radical (unpaired) electrons. The van der Waals surface area contributed by atoms with Gasteiger partial charge in [0.15, 0.2) is 6.61 Å². The molecule has 2 unspecified atom stereocenters. The molecule has 0 bridgehead atoms. The SMILES string of the molecule is CC(=O)NC(CC(=O)NC(C)c1ccc(OCC(=O)O)cc1)c1ccc(C)cc1. The lowest BCUT2D eigenvalue weighted by atomic mass is 10.0. The van der Waals surface area contributed by atoms with Gasteiger partial charge >= 0.3 is 5.97 Å². The van der Waals surface area contributed by atoms with Crippen LogP contribution in [0.4, 0.5) is 0 Å². The van der Waals surface area contributed by atoms with Crippen LogP contribution in [-0.2, 0) is 14.4 Å². The molecule has 0 heterocycles. The summed E-state index contributed by atoms with van der Waals surface area (Å²) in [6.45, 7) is 4.85. The van der Waals surface area contributed by atoms with Crippen LogP contribution < -0.4 is 15.4 Å². The second-order valence-electron chi connectivity index (χ2n) is 6.91. The van der Waals surface area contributed by atoms with Crippen LogP contribution in [-0.4, -0.2) is 29.5 Å². The predicted molar refractivity (Wildman–Crippen MR) is 108 cm³/mol. The topological polar surface area (TPSA) is 105 Å². The Bertz CT molecular complexity index is 847. The van der Waals surface area contributed by atoms with Crippen LogP contribution >= 0.6 is 0 Å². The van der Waals surface area contributed by atoms with Crippen molar-refractivity contribution in [2.75, 3.05) is 6.61 Å². The molecule has 7 nitrogen and oxygen atoms in total. The first-order chi connectivity index (χ1) is 13.7. The smallest absolute Gasteiger partial charge is 0.341 e. The van der Waals surface area contributed by atoms with Gasteiger partial charge in [-0.25, -0.2) is 4.79 Å². The van der Waals surface area contributed by atoms with Crippen molar-refractivity contribution >= 4 is 17.8 Å². The largest absolute Gasteiger partial charge is 0.482 e. The third-order valence-corrected chi connectivity index (χ3v) is 4.37. The molecule has 0 aromatic heterocycles. The second kappa shape index (κ2) is 10.3. The standard InChI is InChI=1S/C22H26N2O5/c1-14-4-6-18(7-5-14)20(24-16(3)25)12-21(26)23-15(2)17-8-10-19(11-9-17)29-13-22(27)28/h4-11,15,20H,12-13H2,1-3H3,(H,23,26)(H,24,25)(H,27,28).